The van der Waals surface area contributed by atoms with Gasteiger partial charge in [-0.2, -0.15) is 0 Å². The van der Waals surface area contributed by atoms with Gasteiger partial charge in [0.2, 0.25) is 0 Å². The van der Waals surface area contributed by atoms with Gasteiger partial charge in [-0.25, -0.2) is 9.59 Å². The van der Waals surface area contributed by atoms with Gasteiger partial charge in [0, 0.05) is 11.6 Å². The Labute approximate surface area is 108 Å². The van der Waals surface area contributed by atoms with Crippen molar-refractivity contribution in [2.75, 3.05) is 0 Å². The molecule has 18 heavy (non-hydrogen) atoms. The van der Waals surface area contributed by atoms with Crippen LogP contribution in [-0.2, 0) is 9.59 Å². The average Bonchev–Trinajstić information content (AvgIpc) is 2.22. The Kier molecular flexibility index (Phi) is 7.76. The van der Waals surface area contributed by atoms with Gasteiger partial charge in [-0.1, -0.05) is 18.6 Å². The maximum absolute atomic E-state index is 10.8. The number of allylic oxidation sites excluding steroid dienone is 2. The van der Waals surface area contributed by atoms with E-state index in [0.717, 1.165) is 18.9 Å². The lowest BCUT2D eigenvalue weighted by Crippen LogP contribution is -2.06. The van der Waals surface area contributed by atoms with Gasteiger partial charge in [-0.3, -0.25) is 0 Å². The standard InChI is InChI=1S/C14H22O4/c1-10(2)5-4-6-11(3)7-8-12(14(17)18)9-13(15)16/h5,9,11H,4,6-8H2,1-3H3,(H,15,16)(H,17,18)/b12-9-. The first-order chi connectivity index (χ1) is 8.32. The summed E-state index contributed by atoms with van der Waals surface area (Å²) < 4.78 is 0. The van der Waals surface area contributed by atoms with Crippen LogP contribution in [0.5, 0.6) is 0 Å². The quantitative estimate of drug-likeness (QED) is 0.515. The van der Waals surface area contributed by atoms with Crippen molar-refractivity contribution in [3.63, 3.8) is 0 Å². The highest BCUT2D eigenvalue weighted by Crippen LogP contribution is 2.17. The van der Waals surface area contributed by atoms with Gasteiger partial charge in [0.25, 0.3) is 0 Å². The Balaban J connectivity index is 4.16. The van der Waals surface area contributed by atoms with Crippen LogP contribution < -0.4 is 0 Å². The molecule has 0 saturated heterocycles. The van der Waals surface area contributed by atoms with E-state index < -0.39 is 11.9 Å². The lowest BCUT2D eigenvalue weighted by atomic mass is 9.96. The van der Waals surface area contributed by atoms with Crippen LogP contribution in [0.2, 0.25) is 0 Å². The minimum Gasteiger partial charge on any atom is -0.478 e. The molecule has 0 aliphatic heterocycles. The van der Waals surface area contributed by atoms with Crippen molar-refractivity contribution in [3.8, 4) is 0 Å². The zero-order chi connectivity index (χ0) is 14.1. The molecule has 0 aromatic heterocycles. The van der Waals surface area contributed by atoms with E-state index in [0.29, 0.717) is 18.8 Å². The fourth-order valence-corrected chi connectivity index (χ4v) is 1.59. The molecule has 0 radical (unpaired) electrons. The number of carboxylic acids is 2. The van der Waals surface area contributed by atoms with Gasteiger partial charge < -0.3 is 10.2 Å². The normalized spacial score (nSPS) is 12.9. The third kappa shape index (κ3) is 8.56. The third-order valence-corrected chi connectivity index (χ3v) is 2.69. The Bertz CT molecular complexity index is 349. The van der Waals surface area contributed by atoms with Crippen LogP contribution >= 0.6 is 0 Å². The summed E-state index contributed by atoms with van der Waals surface area (Å²) in [6.07, 6.45) is 5.91. The van der Waals surface area contributed by atoms with Crippen molar-refractivity contribution in [2.45, 2.75) is 46.5 Å². The van der Waals surface area contributed by atoms with Crippen molar-refractivity contribution < 1.29 is 19.8 Å². The Morgan fingerprint density at radius 1 is 1.17 bits per heavy atom. The van der Waals surface area contributed by atoms with Crippen LogP contribution in [0, 0.1) is 5.92 Å². The summed E-state index contributed by atoms with van der Waals surface area (Å²) in [6.45, 7) is 6.14. The lowest BCUT2D eigenvalue weighted by Gasteiger charge is -2.10. The molecule has 1 atom stereocenters. The fourth-order valence-electron chi connectivity index (χ4n) is 1.59. The molecule has 102 valence electrons. The molecular weight excluding hydrogens is 232 g/mol. The Morgan fingerprint density at radius 2 is 1.78 bits per heavy atom. The van der Waals surface area contributed by atoms with Crippen molar-refractivity contribution in [1.82, 2.24) is 0 Å². The molecular formula is C14H22O4. The molecule has 0 saturated carbocycles. The molecule has 0 aromatic carbocycles. The zero-order valence-corrected chi connectivity index (χ0v) is 11.3. The van der Waals surface area contributed by atoms with Crippen LogP contribution in [0.15, 0.2) is 23.3 Å². The molecule has 0 amide bonds. The van der Waals surface area contributed by atoms with Crippen LogP contribution in [-0.4, -0.2) is 22.2 Å². The van der Waals surface area contributed by atoms with Crippen molar-refractivity contribution in [3.05, 3.63) is 23.3 Å². The summed E-state index contributed by atoms with van der Waals surface area (Å²) in [4.78, 5) is 21.3. The molecule has 4 heteroatoms. The molecule has 0 heterocycles. The average molecular weight is 254 g/mol. The molecule has 0 spiro atoms. The summed E-state index contributed by atoms with van der Waals surface area (Å²) >= 11 is 0. The van der Waals surface area contributed by atoms with Gasteiger partial charge in [-0.05, 0) is 45.4 Å². The molecule has 0 aliphatic carbocycles. The van der Waals surface area contributed by atoms with Crippen LogP contribution in [0.1, 0.15) is 46.5 Å². The fraction of sp³-hybridized carbons (Fsp3) is 0.571. The van der Waals surface area contributed by atoms with E-state index in [1.165, 1.54) is 5.57 Å². The van der Waals surface area contributed by atoms with Crippen molar-refractivity contribution in [2.24, 2.45) is 5.92 Å². The summed E-state index contributed by atoms with van der Waals surface area (Å²) in [5.41, 5.74) is 1.25. The number of hydrogen-bond acceptors (Lipinski definition) is 2. The van der Waals surface area contributed by atoms with Gasteiger partial charge >= 0.3 is 11.9 Å². The second kappa shape index (κ2) is 8.50. The largest absolute Gasteiger partial charge is 0.478 e. The van der Waals surface area contributed by atoms with E-state index in [9.17, 15) is 9.59 Å². The lowest BCUT2D eigenvalue weighted by molar-refractivity contribution is -0.135. The number of carbonyl (C=O) groups is 2. The molecule has 0 bridgehead atoms. The summed E-state index contributed by atoms with van der Waals surface area (Å²) in [5.74, 6) is -1.96. The highest BCUT2D eigenvalue weighted by Gasteiger charge is 2.11. The van der Waals surface area contributed by atoms with E-state index in [-0.39, 0.29) is 5.57 Å². The predicted octanol–water partition coefficient (Wildman–Crippen LogP) is 3.24. The molecule has 0 fully saturated rings. The van der Waals surface area contributed by atoms with Crippen molar-refractivity contribution >= 4 is 11.9 Å². The van der Waals surface area contributed by atoms with E-state index in [2.05, 4.69) is 13.0 Å². The van der Waals surface area contributed by atoms with Gasteiger partial charge in [0.05, 0.1) is 0 Å². The molecule has 0 aliphatic rings. The van der Waals surface area contributed by atoms with E-state index in [1.807, 2.05) is 13.8 Å². The molecule has 0 aromatic rings. The first-order valence-corrected chi connectivity index (χ1v) is 6.13. The molecule has 2 N–H and O–H groups in total. The summed E-state index contributed by atoms with van der Waals surface area (Å²) in [7, 11) is 0. The molecule has 0 rings (SSSR count). The van der Waals surface area contributed by atoms with Crippen LogP contribution in [0.25, 0.3) is 0 Å². The van der Waals surface area contributed by atoms with E-state index >= 15 is 0 Å². The number of hydrogen-bond donors (Lipinski definition) is 2. The number of rotatable bonds is 8. The summed E-state index contributed by atoms with van der Waals surface area (Å²) in [5, 5.41) is 17.4. The Hall–Kier alpha value is -1.58. The van der Waals surface area contributed by atoms with Gasteiger partial charge in [0.15, 0.2) is 0 Å². The second-order valence-electron chi connectivity index (χ2n) is 4.82. The maximum atomic E-state index is 10.8. The monoisotopic (exact) mass is 254 g/mol. The predicted molar refractivity (Wildman–Crippen MR) is 70.4 cm³/mol. The highest BCUT2D eigenvalue weighted by molar-refractivity contribution is 5.94. The van der Waals surface area contributed by atoms with Crippen LogP contribution in [0.4, 0.5) is 0 Å². The van der Waals surface area contributed by atoms with Gasteiger partial charge in [-0.15, -0.1) is 0 Å². The topological polar surface area (TPSA) is 74.6 Å². The van der Waals surface area contributed by atoms with Gasteiger partial charge in [0.1, 0.15) is 0 Å². The minimum atomic E-state index is -1.20. The van der Waals surface area contributed by atoms with E-state index in [1.54, 1.807) is 0 Å². The maximum Gasteiger partial charge on any atom is 0.331 e. The minimum absolute atomic E-state index is 0.0310. The van der Waals surface area contributed by atoms with Crippen molar-refractivity contribution in [1.29, 1.82) is 0 Å². The molecule has 4 nitrogen and oxygen atoms in total. The Morgan fingerprint density at radius 3 is 2.22 bits per heavy atom. The van der Waals surface area contributed by atoms with Crippen LogP contribution in [0.3, 0.4) is 0 Å². The highest BCUT2D eigenvalue weighted by atomic mass is 16.4. The number of carboxylic acid groups (broad SMARTS) is 2. The van der Waals surface area contributed by atoms with E-state index in [4.69, 9.17) is 10.2 Å². The smallest absolute Gasteiger partial charge is 0.331 e. The first kappa shape index (κ1) is 16.4. The third-order valence-electron chi connectivity index (χ3n) is 2.69. The summed E-state index contributed by atoms with van der Waals surface area (Å²) in [6, 6.07) is 0. The number of aliphatic carboxylic acids is 2. The SMILES string of the molecule is CC(C)=CCCC(C)CC/C(=C/C(=O)O)C(=O)O. The molecule has 1 unspecified atom stereocenters. The zero-order valence-electron chi connectivity index (χ0n) is 11.3. The first-order valence-electron chi connectivity index (χ1n) is 6.13. The second-order valence-corrected chi connectivity index (χ2v) is 4.82.